The summed E-state index contributed by atoms with van der Waals surface area (Å²) in [5.74, 6) is 0. The first kappa shape index (κ1) is 13.6. The average molecular weight is 353 g/mol. The van der Waals surface area contributed by atoms with E-state index in [0.29, 0.717) is 0 Å². The summed E-state index contributed by atoms with van der Waals surface area (Å²) in [5, 5.41) is 12.8. The first-order valence-electron chi connectivity index (χ1n) is 7.07. The van der Waals surface area contributed by atoms with Crippen LogP contribution in [0.25, 0.3) is 21.9 Å². The molecule has 0 saturated heterocycles. The van der Waals surface area contributed by atoms with Crippen molar-refractivity contribution < 1.29 is 9.52 Å². The second-order valence-corrected chi connectivity index (χ2v) is 6.23. The smallest absolute Gasteiger partial charge is 0.135 e. The lowest BCUT2D eigenvalue weighted by Crippen LogP contribution is -1.99. The van der Waals surface area contributed by atoms with Crippen molar-refractivity contribution in [1.82, 2.24) is 0 Å². The minimum absolute atomic E-state index is 0.671. The fourth-order valence-corrected chi connectivity index (χ4v) is 3.20. The van der Waals surface area contributed by atoms with E-state index in [1.54, 1.807) is 0 Å². The molecule has 0 bridgehead atoms. The van der Waals surface area contributed by atoms with Gasteiger partial charge in [0.2, 0.25) is 0 Å². The predicted molar refractivity (Wildman–Crippen MR) is 91.9 cm³/mol. The van der Waals surface area contributed by atoms with Crippen LogP contribution in [-0.2, 0) is 0 Å². The maximum Gasteiger partial charge on any atom is 0.135 e. The molecule has 108 valence electrons. The van der Waals surface area contributed by atoms with Crippen molar-refractivity contribution in [2.24, 2.45) is 0 Å². The van der Waals surface area contributed by atoms with E-state index in [0.717, 1.165) is 37.5 Å². The highest BCUT2D eigenvalue weighted by Crippen LogP contribution is 2.32. The molecular formula is C19H13BrO2. The summed E-state index contributed by atoms with van der Waals surface area (Å²) < 4.78 is 6.84. The Kier molecular flexibility index (Phi) is 3.25. The van der Waals surface area contributed by atoms with E-state index >= 15 is 0 Å². The summed E-state index contributed by atoms with van der Waals surface area (Å²) in [6.07, 6.45) is -0.671. The monoisotopic (exact) mass is 352 g/mol. The van der Waals surface area contributed by atoms with Crippen LogP contribution in [0.1, 0.15) is 17.2 Å². The molecule has 1 atom stereocenters. The molecule has 0 amide bonds. The minimum Gasteiger partial charge on any atom is -0.456 e. The molecule has 4 rings (SSSR count). The molecule has 0 radical (unpaired) electrons. The van der Waals surface area contributed by atoms with Gasteiger partial charge in [-0.15, -0.1) is 0 Å². The number of halogens is 1. The number of para-hydroxylation sites is 1. The van der Waals surface area contributed by atoms with Gasteiger partial charge < -0.3 is 9.52 Å². The average Bonchev–Trinajstić information content (AvgIpc) is 2.91. The molecule has 0 aliphatic carbocycles. The summed E-state index contributed by atoms with van der Waals surface area (Å²) in [6.45, 7) is 0. The van der Waals surface area contributed by atoms with Gasteiger partial charge in [-0.05, 0) is 35.4 Å². The van der Waals surface area contributed by atoms with Crippen LogP contribution in [0.5, 0.6) is 0 Å². The number of benzene rings is 3. The van der Waals surface area contributed by atoms with Gasteiger partial charge in [0.1, 0.15) is 17.3 Å². The summed E-state index contributed by atoms with van der Waals surface area (Å²) in [7, 11) is 0. The topological polar surface area (TPSA) is 33.4 Å². The van der Waals surface area contributed by atoms with Crippen molar-refractivity contribution in [2.75, 3.05) is 0 Å². The molecule has 0 aliphatic heterocycles. The van der Waals surface area contributed by atoms with Gasteiger partial charge >= 0.3 is 0 Å². The Balaban J connectivity index is 1.84. The molecule has 0 spiro atoms. The third kappa shape index (κ3) is 2.23. The number of rotatable bonds is 2. The number of furan rings is 1. The van der Waals surface area contributed by atoms with Gasteiger partial charge in [0.25, 0.3) is 0 Å². The highest BCUT2D eigenvalue weighted by atomic mass is 79.9. The second-order valence-electron chi connectivity index (χ2n) is 5.31. The normalized spacial score (nSPS) is 12.8. The Morgan fingerprint density at radius 2 is 1.55 bits per heavy atom. The maximum absolute atomic E-state index is 10.6. The predicted octanol–water partition coefficient (Wildman–Crippen LogP) is 5.43. The highest BCUT2D eigenvalue weighted by Gasteiger charge is 2.13. The van der Waals surface area contributed by atoms with Crippen molar-refractivity contribution in [3.8, 4) is 0 Å². The minimum atomic E-state index is -0.671. The zero-order valence-electron chi connectivity index (χ0n) is 11.7. The van der Waals surface area contributed by atoms with E-state index in [9.17, 15) is 5.11 Å². The second kappa shape index (κ2) is 5.27. The van der Waals surface area contributed by atoms with Crippen LogP contribution in [0.4, 0.5) is 0 Å². The van der Waals surface area contributed by atoms with Crippen LogP contribution in [0.2, 0.25) is 0 Å². The van der Waals surface area contributed by atoms with Gasteiger partial charge in [-0.3, -0.25) is 0 Å². The van der Waals surface area contributed by atoms with Crippen molar-refractivity contribution >= 4 is 37.9 Å². The number of aliphatic hydroxyl groups excluding tert-OH is 1. The Labute approximate surface area is 136 Å². The number of aliphatic hydroxyl groups is 1. The van der Waals surface area contributed by atoms with Crippen LogP contribution in [0.15, 0.2) is 75.6 Å². The van der Waals surface area contributed by atoms with Crippen LogP contribution < -0.4 is 0 Å². The molecule has 0 aliphatic rings. The van der Waals surface area contributed by atoms with Gasteiger partial charge in [-0.25, -0.2) is 0 Å². The van der Waals surface area contributed by atoms with Crippen LogP contribution in [-0.4, -0.2) is 5.11 Å². The Bertz CT molecular complexity index is 971. The molecule has 3 aromatic carbocycles. The summed E-state index contributed by atoms with van der Waals surface area (Å²) >= 11 is 3.44. The van der Waals surface area contributed by atoms with E-state index in [-0.39, 0.29) is 0 Å². The molecule has 2 nitrogen and oxygen atoms in total. The van der Waals surface area contributed by atoms with E-state index in [1.807, 2.05) is 66.7 Å². The van der Waals surface area contributed by atoms with Crippen molar-refractivity contribution in [2.45, 2.75) is 6.10 Å². The van der Waals surface area contributed by atoms with E-state index < -0.39 is 6.10 Å². The first-order valence-corrected chi connectivity index (χ1v) is 7.86. The Morgan fingerprint density at radius 3 is 2.41 bits per heavy atom. The molecule has 22 heavy (non-hydrogen) atoms. The molecule has 0 saturated carbocycles. The van der Waals surface area contributed by atoms with E-state index in [1.165, 1.54) is 0 Å². The molecule has 3 heteroatoms. The lowest BCUT2D eigenvalue weighted by Gasteiger charge is -2.11. The molecule has 4 aromatic rings. The van der Waals surface area contributed by atoms with Crippen molar-refractivity contribution in [3.05, 3.63) is 82.3 Å². The van der Waals surface area contributed by atoms with Crippen molar-refractivity contribution in [3.63, 3.8) is 0 Å². The molecule has 1 N–H and O–H groups in total. The SMILES string of the molecule is OC(c1cccc(Br)c1)c1ccc2c(c1)oc1ccccc12. The third-order valence-corrected chi connectivity index (χ3v) is 4.38. The molecular weight excluding hydrogens is 340 g/mol. The zero-order chi connectivity index (χ0) is 15.1. The number of hydrogen-bond acceptors (Lipinski definition) is 2. The largest absolute Gasteiger partial charge is 0.456 e. The highest BCUT2D eigenvalue weighted by molar-refractivity contribution is 9.10. The molecule has 1 heterocycles. The van der Waals surface area contributed by atoms with E-state index in [4.69, 9.17) is 4.42 Å². The zero-order valence-corrected chi connectivity index (χ0v) is 13.2. The standard InChI is InChI=1S/C19H13BrO2/c20-14-5-3-4-12(10-14)19(21)13-8-9-16-15-6-1-2-7-17(15)22-18(16)11-13/h1-11,19,21H. The first-order chi connectivity index (χ1) is 10.7. The quantitative estimate of drug-likeness (QED) is 0.521. The fourth-order valence-electron chi connectivity index (χ4n) is 2.78. The number of fused-ring (bicyclic) bond motifs is 3. The van der Waals surface area contributed by atoms with Gasteiger partial charge in [0.15, 0.2) is 0 Å². The maximum atomic E-state index is 10.6. The summed E-state index contributed by atoms with van der Waals surface area (Å²) in [4.78, 5) is 0. The Hall–Kier alpha value is -2.10. The fraction of sp³-hybridized carbons (Fsp3) is 0.0526. The van der Waals surface area contributed by atoms with Gasteiger partial charge in [0, 0.05) is 15.2 Å². The van der Waals surface area contributed by atoms with Gasteiger partial charge in [0.05, 0.1) is 0 Å². The third-order valence-electron chi connectivity index (χ3n) is 3.88. The van der Waals surface area contributed by atoms with Gasteiger partial charge in [-0.1, -0.05) is 58.4 Å². The molecule has 1 aromatic heterocycles. The van der Waals surface area contributed by atoms with Crippen LogP contribution >= 0.6 is 15.9 Å². The Morgan fingerprint density at radius 1 is 0.773 bits per heavy atom. The van der Waals surface area contributed by atoms with Crippen LogP contribution in [0, 0.1) is 0 Å². The summed E-state index contributed by atoms with van der Waals surface area (Å²) in [6, 6.07) is 21.6. The van der Waals surface area contributed by atoms with Gasteiger partial charge in [-0.2, -0.15) is 0 Å². The van der Waals surface area contributed by atoms with Crippen molar-refractivity contribution in [1.29, 1.82) is 0 Å². The lowest BCUT2D eigenvalue weighted by molar-refractivity contribution is 0.220. The van der Waals surface area contributed by atoms with Crippen LogP contribution in [0.3, 0.4) is 0 Å². The lowest BCUT2D eigenvalue weighted by atomic mass is 10.0. The summed E-state index contributed by atoms with van der Waals surface area (Å²) in [5.41, 5.74) is 3.34. The molecule has 0 fully saturated rings. The molecule has 1 unspecified atom stereocenters. The number of hydrogen-bond donors (Lipinski definition) is 1. The van der Waals surface area contributed by atoms with E-state index in [2.05, 4.69) is 15.9 Å².